The van der Waals surface area contributed by atoms with E-state index < -0.39 is 15.8 Å². The molecule has 1 fully saturated rings. The van der Waals surface area contributed by atoms with E-state index >= 15 is 0 Å². The fourth-order valence-corrected chi connectivity index (χ4v) is 4.33. The molecule has 2 aromatic rings. The van der Waals surface area contributed by atoms with E-state index in [0.717, 1.165) is 44.0 Å². The number of nitrogens with one attached hydrogen (secondary N) is 2. The lowest BCUT2D eigenvalue weighted by atomic mass is 10.2. The minimum absolute atomic E-state index is 0. The van der Waals surface area contributed by atoms with E-state index in [1.165, 1.54) is 12.1 Å². The van der Waals surface area contributed by atoms with Crippen LogP contribution in [0.25, 0.3) is 0 Å². The zero-order valence-electron chi connectivity index (χ0n) is 17.0. The zero-order valence-corrected chi connectivity index (χ0v) is 20.1. The largest absolute Gasteiger partial charge is 0.357 e. The quantitative estimate of drug-likeness (QED) is 0.317. The van der Waals surface area contributed by atoms with Crippen LogP contribution < -0.4 is 10.0 Å². The lowest BCUT2D eigenvalue weighted by molar-refractivity contribution is 0.493. The van der Waals surface area contributed by atoms with Crippen LogP contribution >= 0.6 is 24.0 Å². The smallest absolute Gasteiger partial charge is 0.240 e. The Kier molecular flexibility index (Phi) is 9.50. The molecule has 0 radical (unpaired) electrons. The average Bonchev–Trinajstić information content (AvgIpc) is 3.25. The van der Waals surface area contributed by atoms with Gasteiger partial charge in [-0.15, -0.1) is 24.0 Å². The summed E-state index contributed by atoms with van der Waals surface area (Å²) < 4.78 is 41.1. The van der Waals surface area contributed by atoms with Crippen molar-refractivity contribution in [2.24, 2.45) is 4.99 Å². The molecule has 0 aliphatic carbocycles. The summed E-state index contributed by atoms with van der Waals surface area (Å²) in [5.74, 6) is 0.471. The van der Waals surface area contributed by atoms with Crippen molar-refractivity contribution in [1.82, 2.24) is 14.9 Å². The van der Waals surface area contributed by atoms with E-state index in [1.54, 1.807) is 30.3 Å². The van der Waals surface area contributed by atoms with Crippen molar-refractivity contribution in [2.45, 2.75) is 37.8 Å². The predicted octanol–water partition coefficient (Wildman–Crippen LogP) is 3.48. The Hall–Kier alpha value is -1.72. The van der Waals surface area contributed by atoms with Crippen LogP contribution in [0.3, 0.4) is 0 Å². The third kappa shape index (κ3) is 6.92. The molecule has 0 aromatic heterocycles. The summed E-state index contributed by atoms with van der Waals surface area (Å²) in [5.41, 5.74) is 1.38. The summed E-state index contributed by atoms with van der Waals surface area (Å²) in [4.78, 5) is 7.07. The molecule has 0 spiro atoms. The molecule has 164 valence electrons. The molecule has 0 unspecified atom stereocenters. The van der Waals surface area contributed by atoms with Crippen LogP contribution in [0.4, 0.5) is 4.39 Å². The number of nitrogens with zero attached hydrogens (tertiary/aromatic N) is 2. The number of hydrogen-bond acceptors (Lipinski definition) is 3. The number of halogens is 2. The topological polar surface area (TPSA) is 73.8 Å². The Labute approximate surface area is 195 Å². The molecule has 2 N–H and O–H groups in total. The first-order chi connectivity index (χ1) is 14.0. The minimum Gasteiger partial charge on any atom is -0.357 e. The van der Waals surface area contributed by atoms with Gasteiger partial charge in [-0.25, -0.2) is 22.5 Å². The molecule has 0 bridgehead atoms. The molecule has 0 atom stereocenters. The second-order valence-corrected chi connectivity index (χ2v) is 8.73. The maximum Gasteiger partial charge on any atom is 0.240 e. The van der Waals surface area contributed by atoms with Crippen LogP contribution in [-0.4, -0.2) is 38.9 Å². The van der Waals surface area contributed by atoms with E-state index in [0.29, 0.717) is 12.1 Å². The second kappa shape index (κ2) is 11.6. The molecule has 1 aliphatic rings. The molecule has 0 amide bonds. The third-order valence-corrected chi connectivity index (χ3v) is 6.11. The van der Waals surface area contributed by atoms with Gasteiger partial charge >= 0.3 is 0 Å². The summed E-state index contributed by atoms with van der Waals surface area (Å²) in [6.45, 7) is 5.22. The van der Waals surface area contributed by atoms with Crippen molar-refractivity contribution in [1.29, 1.82) is 0 Å². The number of rotatable bonds is 7. The van der Waals surface area contributed by atoms with Crippen LogP contribution in [0.2, 0.25) is 0 Å². The molecule has 2 aromatic carbocycles. The molecule has 1 saturated heterocycles. The fraction of sp³-hybridized carbons (Fsp3) is 0.381. The first kappa shape index (κ1) is 24.5. The fourth-order valence-electron chi connectivity index (χ4n) is 3.24. The number of benzene rings is 2. The van der Waals surface area contributed by atoms with Crippen LogP contribution in [0.15, 0.2) is 58.4 Å². The monoisotopic (exact) mass is 546 g/mol. The van der Waals surface area contributed by atoms with E-state index in [9.17, 15) is 12.8 Å². The second-order valence-electron chi connectivity index (χ2n) is 6.97. The van der Waals surface area contributed by atoms with Gasteiger partial charge in [-0.05, 0) is 55.2 Å². The van der Waals surface area contributed by atoms with Crippen molar-refractivity contribution in [3.05, 3.63) is 65.5 Å². The first-order valence-electron chi connectivity index (χ1n) is 9.84. The number of hydrogen-bond donors (Lipinski definition) is 2. The van der Waals surface area contributed by atoms with E-state index in [2.05, 4.69) is 19.9 Å². The van der Waals surface area contributed by atoms with Gasteiger partial charge in [0.25, 0.3) is 0 Å². The van der Waals surface area contributed by atoms with Gasteiger partial charge in [-0.3, -0.25) is 0 Å². The van der Waals surface area contributed by atoms with Gasteiger partial charge in [0.1, 0.15) is 5.82 Å². The predicted molar refractivity (Wildman–Crippen MR) is 128 cm³/mol. The highest BCUT2D eigenvalue weighted by molar-refractivity contribution is 14.0. The van der Waals surface area contributed by atoms with Crippen molar-refractivity contribution < 1.29 is 12.8 Å². The van der Waals surface area contributed by atoms with Gasteiger partial charge in [0, 0.05) is 26.2 Å². The molecular weight excluding hydrogens is 518 g/mol. The lowest BCUT2D eigenvalue weighted by Gasteiger charge is -2.20. The SMILES string of the molecule is CCNC(=NCc1cccc(S(=O)(=O)NCc2cccc(F)c2)c1)N1CCCC1.I. The Balaban J connectivity index is 0.00000320. The minimum atomic E-state index is -3.71. The van der Waals surface area contributed by atoms with Crippen molar-refractivity contribution >= 4 is 40.0 Å². The van der Waals surface area contributed by atoms with E-state index in [4.69, 9.17) is 0 Å². The molecule has 0 saturated carbocycles. The molecule has 30 heavy (non-hydrogen) atoms. The highest BCUT2D eigenvalue weighted by Crippen LogP contribution is 2.14. The van der Waals surface area contributed by atoms with Gasteiger partial charge in [0.05, 0.1) is 11.4 Å². The number of likely N-dealkylation sites (tertiary alicyclic amines) is 1. The number of guanidine groups is 1. The van der Waals surface area contributed by atoms with Crippen molar-refractivity contribution in [3.8, 4) is 0 Å². The van der Waals surface area contributed by atoms with Gasteiger partial charge in [0.2, 0.25) is 10.0 Å². The Bertz CT molecular complexity index is 963. The van der Waals surface area contributed by atoms with E-state index in [-0.39, 0.29) is 35.4 Å². The number of sulfonamides is 1. The number of aliphatic imine (C=N–C) groups is 1. The molecule has 1 heterocycles. The summed E-state index contributed by atoms with van der Waals surface area (Å²) in [6, 6.07) is 12.6. The maximum absolute atomic E-state index is 13.3. The lowest BCUT2D eigenvalue weighted by Crippen LogP contribution is -2.39. The average molecular weight is 546 g/mol. The summed E-state index contributed by atoms with van der Waals surface area (Å²) in [5, 5.41) is 3.30. The molecule has 6 nitrogen and oxygen atoms in total. The van der Waals surface area contributed by atoms with Gasteiger partial charge < -0.3 is 10.2 Å². The zero-order chi connectivity index (χ0) is 20.7. The van der Waals surface area contributed by atoms with Gasteiger partial charge in [0.15, 0.2) is 5.96 Å². The van der Waals surface area contributed by atoms with Crippen molar-refractivity contribution in [3.63, 3.8) is 0 Å². The van der Waals surface area contributed by atoms with E-state index in [1.807, 2.05) is 13.0 Å². The van der Waals surface area contributed by atoms with Gasteiger partial charge in [-0.2, -0.15) is 0 Å². The highest BCUT2D eigenvalue weighted by atomic mass is 127. The van der Waals surface area contributed by atoms with Crippen LogP contribution in [-0.2, 0) is 23.1 Å². The Morgan fingerprint density at radius 3 is 2.50 bits per heavy atom. The molecule has 9 heteroatoms. The summed E-state index contributed by atoms with van der Waals surface area (Å²) in [6.07, 6.45) is 2.32. The highest BCUT2D eigenvalue weighted by Gasteiger charge is 2.16. The van der Waals surface area contributed by atoms with Crippen LogP contribution in [0.5, 0.6) is 0 Å². The Morgan fingerprint density at radius 1 is 1.10 bits per heavy atom. The van der Waals surface area contributed by atoms with Crippen LogP contribution in [0.1, 0.15) is 30.9 Å². The van der Waals surface area contributed by atoms with Gasteiger partial charge in [-0.1, -0.05) is 24.3 Å². The first-order valence-corrected chi connectivity index (χ1v) is 11.3. The Morgan fingerprint density at radius 2 is 1.80 bits per heavy atom. The molecular formula is C21H28FIN4O2S. The molecule has 3 rings (SSSR count). The van der Waals surface area contributed by atoms with Crippen molar-refractivity contribution in [2.75, 3.05) is 19.6 Å². The standard InChI is InChI=1S/C21H27FN4O2S.HI/c1-2-23-21(26-11-3-4-12-26)24-15-18-8-6-10-20(14-18)29(27,28)25-16-17-7-5-9-19(22)13-17;/h5-10,13-14,25H,2-4,11-12,15-16H2,1H3,(H,23,24);1H. The van der Waals surface area contributed by atoms with Crippen LogP contribution in [0, 0.1) is 5.82 Å². The summed E-state index contributed by atoms with van der Waals surface area (Å²) in [7, 11) is -3.71. The summed E-state index contributed by atoms with van der Waals surface area (Å²) >= 11 is 0. The maximum atomic E-state index is 13.3. The normalized spacial score (nSPS) is 14.5. The molecule has 1 aliphatic heterocycles. The third-order valence-electron chi connectivity index (χ3n) is 4.72.